The van der Waals surface area contributed by atoms with Gasteiger partial charge in [-0.3, -0.25) is 0 Å². The van der Waals surface area contributed by atoms with Crippen LogP contribution in [0, 0.1) is 18.3 Å². The lowest BCUT2D eigenvalue weighted by Crippen LogP contribution is -2.42. The van der Waals surface area contributed by atoms with Crippen molar-refractivity contribution in [2.75, 3.05) is 18.0 Å². The molecule has 1 fully saturated rings. The Morgan fingerprint density at radius 2 is 2.31 bits per heavy atom. The molecule has 3 nitrogen and oxygen atoms in total. The summed E-state index contributed by atoms with van der Waals surface area (Å²) >= 11 is 0. The van der Waals surface area contributed by atoms with Crippen LogP contribution in [0.1, 0.15) is 24.0 Å². The van der Waals surface area contributed by atoms with Crippen LogP contribution in [-0.4, -0.2) is 19.1 Å². The Hall–Kier alpha value is -1.53. The van der Waals surface area contributed by atoms with Crippen molar-refractivity contribution in [1.82, 2.24) is 0 Å². The van der Waals surface area contributed by atoms with Gasteiger partial charge in [0, 0.05) is 24.8 Å². The second-order valence-corrected chi connectivity index (χ2v) is 4.46. The molecule has 16 heavy (non-hydrogen) atoms. The molecular formula is C13H17N3. The first kappa shape index (κ1) is 11.0. The largest absolute Gasteiger partial charge is 0.370 e. The van der Waals surface area contributed by atoms with Gasteiger partial charge in [0.05, 0.1) is 11.6 Å². The second kappa shape index (κ2) is 4.54. The average Bonchev–Trinajstić information content (AvgIpc) is 2.29. The molecule has 0 aromatic heterocycles. The number of piperidine rings is 1. The van der Waals surface area contributed by atoms with Gasteiger partial charge in [0.25, 0.3) is 0 Å². The zero-order valence-electron chi connectivity index (χ0n) is 9.61. The molecule has 0 spiro atoms. The van der Waals surface area contributed by atoms with E-state index in [1.165, 1.54) is 5.69 Å². The standard InChI is InChI=1S/C13H17N3/c1-10-7-13(5-4-11(10)8-14)16-6-2-3-12(15)9-16/h4-5,7,12H,2-3,6,9,15H2,1H3/t12-/m1/s1. The minimum Gasteiger partial charge on any atom is -0.370 e. The summed E-state index contributed by atoms with van der Waals surface area (Å²) in [6.45, 7) is 3.97. The molecule has 1 heterocycles. The molecule has 1 saturated heterocycles. The number of nitrogens with zero attached hydrogens (tertiary/aromatic N) is 2. The first-order valence-electron chi connectivity index (χ1n) is 5.72. The van der Waals surface area contributed by atoms with Gasteiger partial charge in [0.1, 0.15) is 0 Å². The van der Waals surface area contributed by atoms with Gasteiger partial charge in [0.2, 0.25) is 0 Å². The summed E-state index contributed by atoms with van der Waals surface area (Å²) in [6.07, 6.45) is 2.27. The van der Waals surface area contributed by atoms with Crippen molar-refractivity contribution in [2.24, 2.45) is 5.73 Å². The van der Waals surface area contributed by atoms with Crippen LogP contribution in [0.15, 0.2) is 18.2 Å². The number of nitrogens with two attached hydrogens (primary N) is 1. The summed E-state index contributed by atoms with van der Waals surface area (Å²) in [6, 6.07) is 8.46. The van der Waals surface area contributed by atoms with Crippen molar-refractivity contribution >= 4 is 5.69 Å². The van der Waals surface area contributed by atoms with E-state index in [4.69, 9.17) is 11.0 Å². The number of anilines is 1. The van der Waals surface area contributed by atoms with E-state index in [0.717, 1.165) is 37.1 Å². The first-order chi connectivity index (χ1) is 7.70. The summed E-state index contributed by atoms with van der Waals surface area (Å²) in [5.74, 6) is 0. The second-order valence-electron chi connectivity index (χ2n) is 4.46. The molecule has 2 N–H and O–H groups in total. The van der Waals surface area contributed by atoms with Gasteiger partial charge in [-0.05, 0) is 43.5 Å². The van der Waals surface area contributed by atoms with E-state index in [-0.39, 0.29) is 6.04 Å². The van der Waals surface area contributed by atoms with Crippen LogP contribution in [0.5, 0.6) is 0 Å². The SMILES string of the molecule is Cc1cc(N2CCC[C@@H](N)C2)ccc1C#N. The van der Waals surface area contributed by atoms with E-state index in [0.29, 0.717) is 0 Å². The monoisotopic (exact) mass is 215 g/mol. The average molecular weight is 215 g/mol. The Bertz CT molecular complexity index is 420. The van der Waals surface area contributed by atoms with Crippen LogP contribution in [0.4, 0.5) is 5.69 Å². The molecule has 0 bridgehead atoms. The molecule has 84 valence electrons. The van der Waals surface area contributed by atoms with Crippen molar-refractivity contribution in [3.05, 3.63) is 29.3 Å². The highest BCUT2D eigenvalue weighted by molar-refractivity contribution is 5.53. The molecule has 0 amide bonds. The summed E-state index contributed by atoms with van der Waals surface area (Å²) in [4.78, 5) is 2.31. The summed E-state index contributed by atoms with van der Waals surface area (Å²) < 4.78 is 0. The third-order valence-corrected chi connectivity index (χ3v) is 3.15. The normalized spacial score (nSPS) is 20.6. The van der Waals surface area contributed by atoms with Crippen LogP contribution in [0.3, 0.4) is 0 Å². The topological polar surface area (TPSA) is 53.0 Å². The Balaban J connectivity index is 2.21. The number of hydrogen-bond donors (Lipinski definition) is 1. The van der Waals surface area contributed by atoms with E-state index in [1.807, 2.05) is 19.1 Å². The van der Waals surface area contributed by atoms with Gasteiger partial charge in [0.15, 0.2) is 0 Å². The fraction of sp³-hybridized carbons (Fsp3) is 0.462. The number of aryl methyl sites for hydroxylation is 1. The summed E-state index contributed by atoms with van der Waals surface area (Å²) in [5, 5.41) is 8.88. The summed E-state index contributed by atoms with van der Waals surface area (Å²) in [5.41, 5.74) is 8.94. The van der Waals surface area contributed by atoms with Crippen LogP contribution in [0.25, 0.3) is 0 Å². The molecule has 0 saturated carbocycles. The quantitative estimate of drug-likeness (QED) is 0.777. The molecule has 2 rings (SSSR count). The maximum Gasteiger partial charge on any atom is 0.0994 e. The Morgan fingerprint density at radius 3 is 2.94 bits per heavy atom. The third-order valence-electron chi connectivity index (χ3n) is 3.15. The Morgan fingerprint density at radius 1 is 1.50 bits per heavy atom. The minimum atomic E-state index is 0.282. The van der Waals surface area contributed by atoms with Gasteiger partial charge < -0.3 is 10.6 Å². The van der Waals surface area contributed by atoms with Crippen LogP contribution < -0.4 is 10.6 Å². The lowest BCUT2D eigenvalue weighted by Gasteiger charge is -2.32. The number of rotatable bonds is 1. The number of hydrogen-bond acceptors (Lipinski definition) is 3. The first-order valence-corrected chi connectivity index (χ1v) is 5.72. The fourth-order valence-corrected chi connectivity index (χ4v) is 2.21. The van der Waals surface area contributed by atoms with Crippen molar-refractivity contribution in [1.29, 1.82) is 5.26 Å². The van der Waals surface area contributed by atoms with E-state index in [9.17, 15) is 0 Å². The van der Waals surface area contributed by atoms with Crippen molar-refractivity contribution in [3.8, 4) is 6.07 Å². The van der Waals surface area contributed by atoms with Gasteiger partial charge in [-0.2, -0.15) is 5.26 Å². The van der Waals surface area contributed by atoms with Crippen LogP contribution in [0.2, 0.25) is 0 Å². The van der Waals surface area contributed by atoms with E-state index < -0.39 is 0 Å². The van der Waals surface area contributed by atoms with Crippen LogP contribution >= 0.6 is 0 Å². The zero-order valence-corrected chi connectivity index (χ0v) is 9.61. The predicted molar refractivity (Wildman–Crippen MR) is 65.3 cm³/mol. The Kier molecular flexibility index (Phi) is 3.12. The van der Waals surface area contributed by atoms with Crippen molar-refractivity contribution < 1.29 is 0 Å². The minimum absolute atomic E-state index is 0.282. The smallest absolute Gasteiger partial charge is 0.0994 e. The number of nitriles is 1. The van der Waals surface area contributed by atoms with Gasteiger partial charge in [-0.1, -0.05) is 0 Å². The maximum atomic E-state index is 8.88. The molecule has 1 aliphatic heterocycles. The predicted octanol–water partition coefficient (Wildman–Crippen LogP) is 1.79. The molecular weight excluding hydrogens is 198 g/mol. The van der Waals surface area contributed by atoms with E-state index in [2.05, 4.69) is 17.0 Å². The highest BCUT2D eigenvalue weighted by Crippen LogP contribution is 2.22. The lowest BCUT2D eigenvalue weighted by atomic mass is 10.0. The highest BCUT2D eigenvalue weighted by atomic mass is 15.1. The molecule has 1 aromatic carbocycles. The zero-order chi connectivity index (χ0) is 11.5. The highest BCUT2D eigenvalue weighted by Gasteiger charge is 2.17. The van der Waals surface area contributed by atoms with E-state index >= 15 is 0 Å². The van der Waals surface area contributed by atoms with Gasteiger partial charge in [-0.15, -0.1) is 0 Å². The maximum absolute atomic E-state index is 8.88. The van der Waals surface area contributed by atoms with E-state index in [1.54, 1.807) is 0 Å². The molecule has 1 aliphatic rings. The molecule has 0 radical (unpaired) electrons. The fourth-order valence-electron chi connectivity index (χ4n) is 2.21. The van der Waals surface area contributed by atoms with Crippen LogP contribution in [-0.2, 0) is 0 Å². The third kappa shape index (κ3) is 2.17. The molecule has 0 unspecified atom stereocenters. The van der Waals surface area contributed by atoms with Gasteiger partial charge >= 0.3 is 0 Å². The van der Waals surface area contributed by atoms with Gasteiger partial charge in [-0.25, -0.2) is 0 Å². The lowest BCUT2D eigenvalue weighted by molar-refractivity contribution is 0.506. The molecule has 1 aromatic rings. The van der Waals surface area contributed by atoms with Crippen molar-refractivity contribution in [2.45, 2.75) is 25.8 Å². The van der Waals surface area contributed by atoms with Crippen molar-refractivity contribution in [3.63, 3.8) is 0 Å². The Labute approximate surface area is 96.5 Å². The molecule has 3 heteroatoms. The summed E-state index contributed by atoms with van der Waals surface area (Å²) in [7, 11) is 0. The molecule has 1 atom stereocenters. The number of benzene rings is 1. The molecule has 0 aliphatic carbocycles.